The van der Waals surface area contributed by atoms with Gasteiger partial charge in [-0.25, -0.2) is 4.57 Å². The lowest BCUT2D eigenvalue weighted by atomic mass is 9.78. The second-order valence-electron chi connectivity index (χ2n) is 7.25. The Labute approximate surface area is 121 Å². The molecule has 0 saturated heterocycles. The molecule has 4 nitrogen and oxygen atoms in total. The van der Waals surface area contributed by atoms with Crippen molar-refractivity contribution in [2.45, 2.75) is 59.3 Å². The van der Waals surface area contributed by atoms with Gasteiger partial charge < -0.3 is 4.52 Å². The fourth-order valence-corrected chi connectivity index (χ4v) is 2.69. The maximum Gasteiger partial charge on any atom is 0.524 e. The number of phosphoric ester groups is 1. The van der Waals surface area contributed by atoms with E-state index in [1.165, 1.54) is 0 Å². The van der Waals surface area contributed by atoms with Crippen molar-refractivity contribution in [3.8, 4) is 5.75 Å². The van der Waals surface area contributed by atoms with E-state index in [0.717, 1.165) is 16.7 Å². The summed E-state index contributed by atoms with van der Waals surface area (Å²) in [6.45, 7) is 14.3. The van der Waals surface area contributed by atoms with Crippen molar-refractivity contribution in [1.82, 2.24) is 0 Å². The van der Waals surface area contributed by atoms with Crippen molar-refractivity contribution in [3.05, 3.63) is 28.8 Å². The van der Waals surface area contributed by atoms with E-state index in [0.29, 0.717) is 0 Å². The van der Waals surface area contributed by atoms with Crippen LogP contribution < -0.4 is 4.52 Å². The van der Waals surface area contributed by atoms with Crippen molar-refractivity contribution < 1.29 is 18.9 Å². The van der Waals surface area contributed by atoms with Crippen molar-refractivity contribution in [2.75, 3.05) is 0 Å². The third-order valence-electron chi connectivity index (χ3n) is 3.16. The zero-order valence-electron chi connectivity index (χ0n) is 13.3. The monoisotopic (exact) mass is 300 g/mol. The van der Waals surface area contributed by atoms with Crippen molar-refractivity contribution in [3.63, 3.8) is 0 Å². The number of phosphoric acid groups is 1. The Kier molecular flexibility index (Phi) is 4.46. The molecule has 114 valence electrons. The largest absolute Gasteiger partial charge is 0.524 e. The second kappa shape index (κ2) is 5.18. The Morgan fingerprint density at radius 1 is 0.950 bits per heavy atom. The summed E-state index contributed by atoms with van der Waals surface area (Å²) in [7, 11) is -4.56. The predicted molar refractivity (Wildman–Crippen MR) is 81.3 cm³/mol. The summed E-state index contributed by atoms with van der Waals surface area (Å²) in [5.74, 6) is 0.260. The van der Waals surface area contributed by atoms with E-state index in [9.17, 15) is 4.57 Å². The van der Waals surface area contributed by atoms with Gasteiger partial charge in [-0.3, -0.25) is 9.79 Å². The average molecular weight is 300 g/mol. The Morgan fingerprint density at radius 2 is 1.40 bits per heavy atom. The molecule has 1 aromatic rings. The standard InChI is InChI=1S/C15H25O4P/c1-10-8-13(19-20(16,17)18)12(15(5,6)7)9-11(10)14(2,3)4/h8-9H,1-7H3,(H2,16,17,18). The first-order valence-corrected chi connectivity index (χ1v) is 8.15. The Bertz CT molecular complexity index is 544. The van der Waals surface area contributed by atoms with E-state index in [1.807, 2.05) is 33.8 Å². The van der Waals surface area contributed by atoms with Gasteiger partial charge in [-0.2, -0.15) is 0 Å². The minimum absolute atomic E-state index is 0.0370. The number of benzene rings is 1. The first kappa shape index (κ1) is 17.2. The van der Waals surface area contributed by atoms with Crippen LogP contribution in [0.5, 0.6) is 5.75 Å². The van der Waals surface area contributed by atoms with E-state index in [4.69, 9.17) is 14.3 Å². The summed E-state index contributed by atoms with van der Waals surface area (Å²) in [6.07, 6.45) is 0. The van der Waals surface area contributed by atoms with Gasteiger partial charge in [0, 0.05) is 5.56 Å². The van der Waals surface area contributed by atoms with Crippen molar-refractivity contribution in [1.29, 1.82) is 0 Å². The molecular weight excluding hydrogens is 275 g/mol. The van der Waals surface area contributed by atoms with Crippen LogP contribution in [-0.2, 0) is 15.4 Å². The highest BCUT2D eigenvalue weighted by atomic mass is 31.2. The van der Waals surface area contributed by atoms with Crippen LogP contribution in [0.3, 0.4) is 0 Å². The quantitative estimate of drug-likeness (QED) is 0.808. The highest BCUT2D eigenvalue weighted by Gasteiger charge is 2.28. The molecule has 0 bridgehead atoms. The Morgan fingerprint density at radius 3 is 1.75 bits per heavy atom. The molecule has 0 amide bonds. The Balaban J connectivity index is 3.54. The third-order valence-corrected chi connectivity index (χ3v) is 3.59. The lowest BCUT2D eigenvalue weighted by molar-refractivity contribution is 0.280. The molecule has 0 spiro atoms. The summed E-state index contributed by atoms with van der Waals surface area (Å²) < 4.78 is 16.0. The molecule has 0 aliphatic heterocycles. The van der Waals surface area contributed by atoms with E-state index in [-0.39, 0.29) is 16.6 Å². The van der Waals surface area contributed by atoms with Gasteiger partial charge in [0.2, 0.25) is 0 Å². The van der Waals surface area contributed by atoms with E-state index < -0.39 is 7.82 Å². The lowest BCUT2D eigenvalue weighted by Crippen LogP contribution is -2.18. The molecular formula is C15H25O4P. The van der Waals surface area contributed by atoms with Gasteiger partial charge in [-0.15, -0.1) is 0 Å². The smallest absolute Gasteiger partial charge is 0.404 e. The van der Waals surface area contributed by atoms with Crippen LogP contribution in [0.25, 0.3) is 0 Å². The van der Waals surface area contributed by atoms with Gasteiger partial charge in [0.1, 0.15) is 5.75 Å². The first-order chi connectivity index (χ1) is 8.72. The van der Waals surface area contributed by atoms with Gasteiger partial charge in [0.15, 0.2) is 0 Å². The molecule has 0 aliphatic carbocycles. The van der Waals surface area contributed by atoms with Crippen LogP contribution in [0.2, 0.25) is 0 Å². The normalized spacial score (nSPS) is 13.4. The summed E-state index contributed by atoms with van der Waals surface area (Å²) >= 11 is 0. The number of aryl methyl sites for hydroxylation is 1. The zero-order chi connectivity index (χ0) is 15.9. The van der Waals surface area contributed by atoms with Crippen LogP contribution in [0.4, 0.5) is 0 Å². The molecule has 0 radical (unpaired) electrons. The molecule has 5 heteroatoms. The third kappa shape index (κ3) is 4.34. The minimum Gasteiger partial charge on any atom is -0.404 e. The molecule has 0 saturated carbocycles. The molecule has 2 N–H and O–H groups in total. The van der Waals surface area contributed by atoms with Crippen LogP contribution in [0.15, 0.2) is 12.1 Å². The highest BCUT2D eigenvalue weighted by molar-refractivity contribution is 7.46. The van der Waals surface area contributed by atoms with Crippen LogP contribution in [0, 0.1) is 6.92 Å². The lowest BCUT2D eigenvalue weighted by Gasteiger charge is -2.28. The molecule has 0 aromatic heterocycles. The van der Waals surface area contributed by atoms with Crippen molar-refractivity contribution >= 4 is 7.82 Å². The fraction of sp³-hybridized carbons (Fsp3) is 0.600. The SMILES string of the molecule is Cc1cc(OP(=O)(O)O)c(C(C)(C)C)cc1C(C)(C)C. The van der Waals surface area contributed by atoms with Gasteiger partial charge in [-0.05, 0) is 34.9 Å². The fourth-order valence-electron chi connectivity index (χ4n) is 2.28. The summed E-state index contributed by atoms with van der Waals surface area (Å²) in [5.41, 5.74) is 2.62. The molecule has 20 heavy (non-hydrogen) atoms. The molecule has 1 rings (SSSR count). The molecule has 1 aromatic carbocycles. The zero-order valence-corrected chi connectivity index (χ0v) is 14.2. The molecule has 0 heterocycles. The summed E-state index contributed by atoms with van der Waals surface area (Å²) in [5, 5.41) is 0. The van der Waals surface area contributed by atoms with Gasteiger partial charge in [0.05, 0.1) is 0 Å². The highest BCUT2D eigenvalue weighted by Crippen LogP contribution is 2.44. The minimum atomic E-state index is -4.56. The topological polar surface area (TPSA) is 66.8 Å². The predicted octanol–water partition coefficient (Wildman–Crippen LogP) is 4.06. The van der Waals surface area contributed by atoms with E-state index in [1.54, 1.807) is 6.07 Å². The number of hydrogen-bond acceptors (Lipinski definition) is 2. The maximum atomic E-state index is 11.1. The molecule has 0 aliphatic rings. The summed E-state index contributed by atoms with van der Waals surface area (Å²) in [4.78, 5) is 18.1. The van der Waals surface area contributed by atoms with E-state index in [2.05, 4.69) is 20.8 Å². The van der Waals surface area contributed by atoms with Crippen LogP contribution in [0.1, 0.15) is 58.2 Å². The average Bonchev–Trinajstić information content (AvgIpc) is 2.09. The summed E-state index contributed by atoms with van der Waals surface area (Å²) in [6, 6.07) is 3.72. The Hall–Kier alpha value is -0.830. The number of rotatable bonds is 2. The first-order valence-electron chi connectivity index (χ1n) is 6.62. The molecule has 0 unspecified atom stereocenters. The van der Waals surface area contributed by atoms with Gasteiger partial charge in [-0.1, -0.05) is 47.6 Å². The van der Waals surface area contributed by atoms with Crippen molar-refractivity contribution in [2.24, 2.45) is 0 Å². The van der Waals surface area contributed by atoms with Gasteiger partial charge in [0.25, 0.3) is 0 Å². The second-order valence-corrected chi connectivity index (χ2v) is 8.41. The molecule has 0 atom stereocenters. The maximum absolute atomic E-state index is 11.1. The van der Waals surface area contributed by atoms with Crippen LogP contribution in [-0.4, -0.2) is 9.79 Å². The number of hydrogen-bond donors (Lipinski definition) is 2. The molecule has 0 fully saturated rings. The van der Waals surface area contributed by atoms with Gasteiger partial charge >= 0.3 is 7.82 Å². The van der Waals surface area contributed by atoms with E-state index >= 15 is 0 Å². The van der Waals surface area contributed by atoms with Crippen LogP contribution >= 0.6 is 7.82 Å².